The second kappa shape index (κ2) is 9.10. The number of hydrogen-bond donors (Lipinski definition) is 1. The van der Waals surface area contributed by atoms with Crippen molar-refractivity contribution in [1.82, 2.24) is 14.9 Å². The summed E-state index contributed by atoms with van der Waals surface area (Å²) in [6.45, 7) is 9.31. The molecule has 0 bridgehead atoms. The third-order valence-corrected chi connectivity index (χ3v) is 5.91. The number of benzene rings is 3. The van der Waals surface area contributed by atoms with Gasteiger partial charge in [-0.2, -0.15) is 0 Å². The highest BCUT2D eigenvalue weighted by Gasteiger charge is 2.20. The molecule has 1 amide bonds. The molecular weight excluding hydrogens is 410 g/mol. The van der Waals surface area contributed by atoms with Crippen molar-refractivity contribution in [3.05, 3.63) is 95.3 Å². The zero-order valence-corrected chi connectivity index (χ0v) is 19.9. The fraction of sp³-hybridized carbons (Fsp3) is 0.286. The monoisotopic (exact) mass is 441 g/mol. The van der Waals surface area contributed by atoms with Gasteiger partial charge in [0, 0.05) is 12.1 Å². The summed E-state index contributed by atoms with van der Waals surface area (Å²) in [4.78, 5) is 17.8. The molecule has 1 N–H and O–H groups in total. The Labute approximate surface area is 195 Å². The van der Waals surface area contributed by atoms with E-state index in [4.69, 9.17) is 9.72 Å². The summed E-state index contributed by atoms with van der Waals surface area (Å²) in [5.41, 5.74) is 5.14. The van der Waals surface area contributed by atoms with Gasteiger partial charge in [-0.25, -0.2) is 4.98 Å². The molecule has 0 fully saturated rings. The van der Waals surface area contributed by atoms with Crippen LogP contribution in [0.25, 0.3) is 11.0 Å². The van der Waals surface area contributed by atoms with Crippen LogP contribution >= 0.6 is 0 Å². The van der Waals surface area contributed by atoms with Crippen LogP contribution in [0.1, 0.15) is 61.0 Å². The summed E-state index contributed by atoms with van der Waals surface area (Å²) >= 11 is 0. The minimum Gasteiger partial charge on any atom is -0.497 e. The number of nitrogens with zero attached hydrogens (tertiary/aromatic N) is 2. The maximum Gasteiger partial charge on any atom is 0.251 e. The smallest absolute Gasteiger partial charge is 0.251 e. The number of imidazole rings is 1. The molecule has 33 heavy (non-hydrogen) atoms. The van der Waals surface area contributed by atoms with Crippen LogP contribution in [-0.4, -0.2) is 22.6 Å². The van der Waals surface area contributed by atoms with Gasteiger partial charge in [0.25, 0.3) is 5.91 Å². The van der Waals surface area contributed by atoms with E-state index in [0.717, 1.165) is 16.9 Å². The zero-order valence-electron chi connectivity index (χ0n) is 19.9. The number of para-hydroxylation sites is 2. The summed E-state index contributed by atoms with van der Waals surface area (Å²) in [6, 6.07) is 23.7. The lowest BCUT2D eigenvalue weighted by atomic mass is 9.87. The van der Waals surface area contributed by atoms with E-state index >= 15 is 0 Å². The quantitative estimate of drug-likeness (QED) is 0.406. The van der Waals surface area contributed by atoms with E-state index in [9.17, 15) is 4.79 Å². The first-order chi connectivity index (χ1) is 15.8. The number of ether oxygens (including phenoxy) is 1. The predicted octanol–water partition coefficient (Wildman–Crippen LogP) is 5.88. The third kappa shape index (κ3) is 4.92. The van der Waals surface area contributed by atoms with Crippen molar-refractivity contribution in [2.75, 3.05) is 7.11 Å². The summed E-state index contributed by atoms with van der Waals surface area (Å²) < 4.78 is 7.45. The molecular formula is C28H31N3O2. The van der Waals surface area contributed by atoms with E-state index < -0.39 is 0 Å². The van der Waals surface area contributed by atoms with Gasteiger partial charge >= 0.3 is 0 Å². The molecule has 4 rings (SSSR count). The van der Waals surface area contributed by atoms with Gasteiger partial charge in [-0.3, -0.25) is 4.79 Å². The van der Waals surface area contributed by atoms with E-state index in [1.165, 1.54) is 11.1 Å². The van der Waals surface area contributed by atoms with Crippen LogP contribution in [0, 0.1) is 0 Å². The van der Waals surface area contributed by atoms with Crippen LogP contribution in [0.3, 0.4) is 0 Å². The largest absolute Gasteiger partial charge is 0.497 e. The molecule has 0 saturated carbocycles. The maximum absolute atomic E-state index is 12.9. The van der Waals surface area contributed by atoms with Crippen LogP contribution in [0.2, 0.25) is 0 Å². The Morgan fingerprint density at radius 2 is 1.76 bits per heavy atom. The molecule has 1 heterocycles. The van der Waals surface area contributed by atoms with E-state index in [0.29, 0.717) is 17.9 Å². The van der Waals surface area contributed by atoms with E-state index in [1.807, 2.05) is 37.3 Å². The second-order valence-corrected chi connectivity index (χ2v) is 9.42. The van der Waals surface area contributed by atoms with E-state index in [-0.39, 0.29) is 17.4 Å². The second-order valence-electron chi connectivity index (χ2n) is 9.42. The maximum atomic E-state index is 12.9. The lowest BCUT2D eigenvalue weighted by molar-refractivity contribution is 0.0937. The fourth-order valence-corrected chi connectivity index (χ4v) is 3.99. The molecule has 0 aliphatic heterocycles. The van der Waals surface area contributed by atoms with Gasteiger partial charge in [0.1, 0.15) is 11.6 Å². The lowest BCUT2D eigenvalue weighted by Crippen LogP contribution is -2.28. The number of rotatable bonds is 6. The van der Waals surface area contributed by atoms with Gasteiger partial charge in [-0.1, -0.05) is 63.2 Å². The average molecular weight is 442 g/mol. The van der Waals surface area contributed by atoms with Crippen molar-refractivity contribution in [3.8, 4) is 5.75 Å². The lowest BCUT2D eigenvalue weighted by Gasteiger charge is -2.20. The Hall–Kier alpha value is -3.60. The summed E-state index contributed by atoms with van der Waals surface area (Å²) in [7, 11) is 1.59. The van der Waals surface area contributed by atoms with Crippen molar-refractivity contribution in [3.63, 3.8) is 0 Å². The molecule has 5 heteroatoms. The molecule has 3 aromatic carbocycles. The Bertz CT molecular complexity index is 1270. The summed E-state index contributed by atoms with van der Waals surface area (Å²) in [5, 5.41) is 3.10. The van der Waals surface area contributed by atoms with E-state index in [2.05, 4.69) is 61.0 Å². The van der Waals surface area contributed by atoms with Gasteiger partial charge < -0.3 is 14.6 Å². The highest BCUT2D eigenvalue weighted by Crippen LogP contribution is 2.25. The molecule has 1 atom stereocenters. The fourth-order valence-electron chi connectivity index (χ4n) is 3.99. The molecule has 1 unspecified atom stereocenters. The summed E-state index contributed by atoms with van der Waals surface area (Å²) in [5.74, 6) is 1.32. The molecule has 0 aliphatic rings. The molecule has 0 radical (unpaired) electrons. The highest BCUT2D eigenvalue weighted by atomic mass is 16.5. The van der Waals surface area contributed by atoms with Crippen molar-refractivity contribution in [1.29, 1.82) is 0 Å². The van der Waals surface area contributed by atoms with Crippen molar-refractivity contribution in [2.45, 2.75) is 45.7 Å². The number of carbonyl (C=O) groups is 1. The van der Waals surface area contributed by atoms with Crippen LogP contribution < -0.4 is 10.1 Å². The van der Waals surface area contributed by atoms with Crippen molar-refractivity contribution >= 4 is 16.9 Å². The van der Waals surface area contributed by atoms with Crippen LogP contribution in [-0.2, 0) is 12.0 Å². The zero-order chi connectivity index (χ0) is 23.6. The normalized spacial score (nSPS) is 12.5. The predicted molar refractivity (Wildman–Crippen MR) is 133 cm³/mol. The SMILES string of the molecule is COc1cccc(C(=O)NC(C)c2nc3ccccc3n2Cc2ccc(C(C)(C)C)cc2)c1. The Morgan fingerprint density at radius 1 is 1.03 bits per heavy atom. The minimum atomic E-state index is -0.273. The number of nitrogens with one attached hydrogen (secondary N) is 1. The average Bonchev–Trinajstić information content (AvgIpc) is 3.17. The number of hydrogen-bond acceptors (Lipinski definition) is 3. The van der Waals surface area contributed by atoms with Crippen molar-refractivity contribution < 1.29 is 9.53 Å². The number of methoxy groups -OCH3 is 1. The third-order valence-electron chi connectivity index (χ3n) is 5.91. The first-order valence-corrected chi connectivity index (χ1v) is 11.3. The van der Waals surface area contributed by atoms with Crippen LogP contribution in [0.15, 0.2) is 72.8 Å². The molecule has 0 saturated heterocycles. The molecule has 1 aromatic heterocycles. The van der Waals surface area contributed by atoms with Gasteiger partial charge in [0.05, 0.1) is 24.2 Å². The van der Waals surface area contributed by atoms with Gasteiger partial charge in [0.2, 0.25) is 0 Å². The molecule has 0 spiro atoms. The van der Waals surface area contributed by atoms with Crippen LogP contribution in [0.5, 0.6) is 5.75 Å². The molecule has 4 aromatic rings. The Kier molecular flexibility index (Phi) is 6.23. The minimum absolute atomic E-state index is 0.115. The number of amides is 1. The first-order valence-electron chi connectivity index (χ1n) is 11.3. The molecule has 170 valence electrons. The van der Waals surface area contributed by atoms with Gasteiger partial charge in [-0.05, 0) is 53.8 Å². The first kappa shape index (κ1) is 22.6. The topological polar surface area (TPSA) is 56.1 Å². The highest BCUT2D eigenvalue weighted by molar-refractivity contribution is 5.94. The van der Waals surface area contributed by atoms with Crippen molar-refractivity contribution in [2.24, 2.45) is 0 Å². The molecule has 0 aliphatic carbocycles. The van der Waals surface area contributed by atoms with E-state index in [1.54, 1.807) is 19.2 Å². The number of fused-ring (bicyclic) bond motifs is 1. The Balaban J connectivity index is 1.63. The Morgan fingerprint density at radius 3 is 2.45 bits per heavy atom. The van der Waals surface area contributed by atoms with Gasteiger partial charge in [0.15, 0.2) is 0 Å². The van der Waals surface area contributed by atoms with Gasteiger partial charge in [-0.15, -0.1) is 0 Å². The molecule has 5 nitrogen and oxygen atoms in total. The number of aromatic nitrogens is 2. The summed E-state index contributed by atoms with van der Waals surface area (Å²) in [6.07, 6.45) is 0. The number of carbonyl (C=O) groups excluding carboxylic acids is 1. The standard InChI is InChI=1S/C28H31N3O2/c1-19(29-27(32)21-9-8-10-23(17-21)33-5)26-30-24-11-6-7-12-25(24)31(26)18-20-13-15-22(16-14-20)28(2,3)4/h6-17,19H,18H2,1-5H3,(H,29,32). The van der Waals surface area contributed by atoms with Crippen LogP contribution in [0.4, 0.5) is 0 Å².